The second kappa shape index (κ2) is 9.76. The summed E-state index contributed by atoms with van der Waals surface area (Å²) in [6.07, 6.45) is 5.75. The zero-order valence-electron chi connectivity index (χ0n) is 15.5. The van der Waals surface area contributed by atoms with Gasteiger partial charge in [-0.05, 0) is 30.5 Å². The molecular formula is C22H27N3O2. The van der Waals surface area contributed by atoms with Gasteiger partial charge < -0.3 is 16.0 Å². The summed E-state index contributed by atoms with van der Waals surface area (Å²) in [5.74, 6) is -0.184. The molecule has 0 aliphatic heterocycles. The molecule has 0 heterocycles. The van der Waals surface area contributed by atoms with E-state index in [-0.39, 0.29) is 24.4 Å². The summed E-state index contributed by atoms with van der Waals surface area (Å²) < 4.78 is 0. The highest BCUT2D eigenvalue weighted by Crippen LogP contribution is 2.18. The Morgan fingerprint density at radius 3 is 2.37 bits per heavy atom. The topological polar surface area (TPSA) is 70.2 Å². The molecule has 3 N–H and O–H groups in total. The molecule has 0 spiro atoms. The van der Waals surface area contributed by atoms with E-state index in [4.69, 9.17) is 0 Å². The van der Waals surface area contributed by atoms with Crippen molar-refractivity contribution in [3.8, 4) is 0 Å². The van der Waals surface area contributed by atoms with Crippen molar-refractivity contribution in [2.75, 3.05) is 11.9 Å². The van der Waals surface area contributed by atoms with Crippen molar-refractivity contribution in [3.05, 3.63) is 65.7 Å². The summed E-state index contributed by atoms with van der Waals surface area (Å²) >= 11 is 0. The minimum atomic E-state index is -0.158. The van der Waals surface area contributed by atoms with Gasteiger partial charge in [-0.25, -0.2) is 0 Å². The largest absolute Gasteiger partial charge is 0.376 e. The van der Waals surface area contributed by atoms with Gasteiger partial charge in [0.1, 0.15) is 0 Å². The van der Waals surface area contributed by atoms with E-state index < -0.39 is 0 Å². The summed E-state index contributed by atoms with van der Waals surface area (Å²) in [5.41, 5.74) is 2.25. The van der Waals surface area contributed by atoms with Gasteiger partial charge in [-0.3, -0.25) is 9.59 Å². The number of rotatable bonds is 7. The fourth-order valence-corrected chi connectivity index (χ4v) is 3.41. The zero-order valence-corrected chi connectivity index (χ0v) is 15.5. The van der Waals surface area contributed by atoms with Crippen LogP contribution >= 0.6 is 0 Å². The third kappa shape index (κ3) is 5.84. The molecule has 0 saturated heterocycles. The molecule has 1 aliphatic carbocycles. The van der Waals surface area contributed by atoms with Gasteiger partial charge in [0, 0.05) is 18.3 Å². The van der Waals surface area contributed by atoms with E-state index in [1.165, 1.54) is 19.3 Å². The van der Waals surface area contributed by atoms with E-state index >= 15 is 0 Å². The van der Waals surface area contributed by atoms with E-state index in [0.717, 1.165) is 18.4 Å². The Morgan fingerprint density at radius 1 is 0.889 bits per heavy atom. The van der Waals surface area contributed by atoms with Crippen molar-refractivity contribution in [3.63, 3.8) is 0 Å². The minimum absolute atomic E-state index is 0.0265. The molecule has 1 saturated carbocycles. The Balaban J connectivity index is 1.53. The molecule has 5 nitrogen and oxygen atoms in total. The van der Waals surface area contributed by atoms with Crippen molar-refractivity contribution in [2.45, 2.75) is 44.7 Å². The molecule has 0 unspecified atom stereocenters. The molecule has 2 aromatic carbocycles. The summed E-state index contributed by atoms with van der Waals surface area (Å²) in [6, 6.07) is 17.3. The number of amides is 2. The molecule has 0 aromatic heterocycles. The number of nitrogens with one attached hydrogen (secondary N) is 3. The monoisotopic (exact) mass is 365 g/mol. The lowest BCUT2D eigenvalue weighted by Gasteiger charge is -2.23. The van der Waals surface area contributed by atoms with Crippen LogP contribution in [-0.2, 0) is 11.3 Å². The molecule has 142 valence electrons. The zero-order chi connectivity index (χ0) is 18.9. The molecule has 2 amide bonds. The van der Waals surface area contributed by atoms with Gasteiger partial charge in [0.15, 0.2) is 0 Å². The van der Waals surface area contributed by atoms with Crippen LogP contribution in [0.15, 0.2) is 54.6 Å². The number of benzene rings is 2. The maximum Gasteiger partial charge on any atom is 0.253 e. The first-order valence-electron chi connectivity index (χ1n) is 9.67. The number of hydrogen-bond donors (Lipinski definition) is 3. The van der Waals surface area contributed by atoms with Crippen LogP contribution in [0.1, 0.15) is 48.0 Å². The second-order valence-electron chi connectivity index (χ2n) is 6.97. The van der Waals surface area contributed by atoms with E-state index in [0.29, 0.717) is 17.8 Å². The highest BCUT2D eigenvalue weighted by atomic mass is 16.2. The fourth-order valence-electron chi connectivity index (χ4n) is 3.41. The van der Waals surface area contributed by atoms with Crippen LogP contribution in [0.2, 0.25) is 0 Å². The van der Waals surface area contributed by atoms with Crippen LogP contribution in [0, 0.1) is 0 Å². The van der Waals surface area contributed by atoms with Gasteiger partial charge >= 0.3 is 0 Å². The smallest absolute Gasteiger partial charge is 0.253 e. The predicted molar refractivity (Wildman–Crippen MR) is 108 cm³/mol. The Hall–Kier alpha value is -2.82. The van der Waals surface area contributed by atoms with Crippen molar-refractivity contribution in [2.24, 2.45) is 0 Å². The highest BCUT2D eigenvalue weighted by molar-refractivity contribution is 6.00. The Bertz CT molecular complexity index is 755. The van der Waals surface area contributed by atoms with E-state index in [9.17, 15) is 9.59 Å². The Kier molecular flexibility index (Phi) is 6.85. The standard InChI is InChI=1S/C22H27N3O2/c26-21(25-18-11-5-2-6-12-18)16-23-20-14-8-7-13-19(20)22(27)24-15-17-9-3-1-4-10-17/h1,3-4,7-10,13-14,18,23H,2,5-6,11-12,15-16H2,(H,24,27)(H,25,26). The molecule has 2 aromatic rings. The quantitative estimate of drug-likeness (QED) is 0.703. The molecule has 0 atom stereocenters. The van der Waals surface area contributed by atoms with Gasteiger partial charge in [-0.15, -0.1) is 0 Å². The summed E-state index contributed by atoms with van der Waals surface area (Å²) in [4.78, 5) is 24.8. The van der Waals surface area contributed by atoms with Crippen molar-refractivity contribution in [1.82, 2.24) is 10.6 Å². The van der Waals surface area contributed by atoms with Gasteiger partial charge in [0.25, 0.3) is 5.91 Å². The van der Waals surface area contributed by atoms with Crippen LogP contribution in [0.5, 0.6) is 0 Å². The number of carbonyl (C=O) groups excluding carboxylic acids is 2. The van der Waals surface area contributed by atoms with Gasteiger partial charge in [0.2, 0.25) is 5.91 Å². The van der Waals surface area contributed by atoms with Crippen molar-refractivity contribution in [1.29, 1.82) is 0 Å². The number of para-hydroxylation sites is 1. The number of anilines is 1. The van der Waals surface area contributed by atoms with Crippen LogP contribution in [0.4, 0.5) is 5.69 Å². The number of hydrogen-bond acceptors (Lipinski definition) is 3. The lowest BCUT2D eigenvalue weighted by molar-refractivity contribution is -0.120. The molecule has 0 bridgehead atoms. The number of carbonyl (C=O) groups is 2. The minimum Gasteiger partial charge on any atom is -0.376 e. The molecule has 5 heteroatoms. The Labute approximate surface area is 160 Å². The molecule has 1 fully saturated rings. The molecule has 3 rings (SSSR count). The molecular weight excluding hydrogens is 338 g/mol. The third-order valence-corrected chi connectivity index (χ3v) is 4.88. The fraction of sp³-hybridized carbons (Fsp3) is 0.364. The van der Waals surface area contributed by atoms with Crippen LogP contribution in [-0.4, -0.2) is 24.4 Å². The predicted octanol–water partition coefficient (Wildman–Crippen LogP) is 3.48. The summed E-state index contributed by atoms with van der Waals surface area (Å²) in [6.45, 7) is 0.635. The Morgan fingerprint density at radius 2 is 1.59 bits per heavy atom. The lowest BCUT2D eigenvalue weighted by Crippen LogP contribution is -2.39. The summed E-state index contributed by atoms with van der Waals surface area (Å²) in [5, 5.41) is 9.12. The van der Waals surface area contributed by atoms with Gasteiger partial charge in [-0.1, -0.05) is 61.7 Å². The second-order valence-corrected chi connectivity index (χ2v) is 6.97. The van der Waals surface area contributed by atoms with Crippen LogP contribution < -0.4 is 16.0 Å². The van der Waals surface area contributed by atoms with E-state index in [1.54, 1.807) is 6.07 Å². The maximum absolute atomic E-state index is 12.5. The molecule has 0 radical (unpaired) electrons. The van der Waals surface area contributed by atoms with Crippen LogP contribution in [0.25, 0.3) is 0 Å². The average molecular weight is 365 g/mol. The van der Waals surface area contributed by atoms with E-state index in [2.05, 4.69) is 16.0 Å². The van der Waals surface area contributed by atoms with Gasteiger partial charge in [0.05, 0.1) is 12.1 Å². The van der Waals surface area contributed by atoms with Crippen molar-refractivity contribution >= 4 is 17.5 Å². The lowest BCUT2D eigenvalue weighted by atomic mass is 9.95. The molecule has 27 heavy (non-hydrogen) atoms. The maximum atomic E-state index is 12.5. The summed E-state index contributed by atoms with van der Waals surface area (Å²) in [7, 11) is 0. The average Bonchev–Trinajstić information content (AvgIpc) is 2.72. The van der Waals surface area contributed by atoms with Crippen molar-refractivity contribution < 1.29 is 9.59 Å². The van der Waals surface area contributed by atoms with Crippen LogP contribution in [0.3, 0.4) is 0 Å². The molecule has 1 aliphatic rings. The van der Waals surface area contributed by atoms with E-state index in [1.807, 2.05) is 48.5 Å². The highest BCUT2D eigenvalue weighted by Gasteiger charge is 2.16. The third-order valence-electron chi connectivity index (χ3n) is 4.88. The SMILES string of the molecule is O=C(CNc1ccccc1C(=O)NCc1ccccc1)NC1CCCCC1. The first-order chi connectivity index (χ1) is 13.2. The first kappa shape index (κ1) is 19.0. The normalized spacial score (nSPS) is 14.4. The van der Waals surface area contributed by atoms with Gasteiger partial charge in [-0.2, -0.15) is 0 Å². The first-order valence-corrected chi connectivity index (χ1v) is 9.67.